The Balaban J connectivity index is 1.55. The monoisotopic (exact) mass is 394 g/mol. The third-order valence-corrected chi connectivity index (χ3v) is 5.31. The van der Waals surface area contributed by atoms with Crippen molar-refractivity contribution >= 4 is 17.5 Å². The Morgan fingerprint density at radius 1 is 0.966 bits per heavy atom. The number of likely N-dealkylation sites (tertiary alicyclic amines) is 1. The van der Waals surface area contributed by atoms with Gasteiger partial charge in [-0.1, -0.05) is 31.9 Å². The predicted octanol–water partition coefficient (Wildman–Crippen LogP) is 4.67. The highest BCUT2D eigenvalue weighted by Gasteiger charge is 2.18. The van der Waals surface area contributed by atoms with Crippen molar-refractivity contribution < 1.29 is 14.3 Å². The minimum Gasteiger partial charge on any atom is -0.481 e. The van der Waals surface area contributed by atoms with Crippen molar-refractivity contribution in [1.29, 1.82) is 0 Å². The van der Waals surface area contributed by atoms with Crippen LogP contribution in [-0.4, -0.2) is 35.9 Å². The molecule has 5 heteroatoms. The third kappa shape index (κ3) is 5.83. The molecule has 3 rings (SSSR count). The van der Waals surface area contributed by atoms with Crippen LogP contribution in [0.2, 0.25) is 0 Å². The van der Waals surface area contributed by atoms with E-state index in [2.05, 4.69) is 12.2 Å². The van der Waals surface area contributed by atoms with E-state index in [1.165, 1.54) is 18.4 Å². The van der Waals surface area contributed by atoms with Gasteiger partial charge in [0.15, 0.2) is 6.10 Å². The Labute approximate surface area is 173 Å². The Hall–Kier alpha value is -2.82. The van der Waals surface area contributed by atoms with E-state index < -0.39 is 6.10 Å². The van der Waals surface area contributed by atoms with Crippen LogP contribution in [0.3, 0.4) is 0 Å². The van der Waals surface area contributed by atoms with E-state index in [1.54, 1.807) is 31.2 Å². The molecule has 0 aromatic heterocycles. The fraction of sp³-hybridized carbons (Fsp3) is 0.417. The highest BCUT2D eigenvalue weighted by Crippen LogP contribution is 2.17. The zero-order valence-electron chi connectivity index (χ0n) is 17.3. The number of hydrogen-bond acceptors (Lipinski definition) is 3. The van der Waals surface area contributed by atoms with Crippen LogP contribution in [-0.2, 0) is 11.2 Å². The second-order valence-electron chi connectivity index (χ2n) is 7.53. The van der Waals surface area contributed by atoms with Gasteiger partial charge in [0.25, 0.3) is 11.8 Å². The molecule has 29 heavy (non-hydrogen) atoms. The van der Waals surface area contributed by atoms with Gasteiger partial charge in [-0.3, -0.25) is 9.59 Å². The highest BCUT2D eigenvalue weighted by atomic mass is 16.5. The van der Waals surface area contributed by atoms with Crippen molar-refractivity contribution in [3.8, 4) is 5.75 Å². The van der Waals surface area contributed by atoms with Crippen molar-refractivity contribution in [3.63, 3.8) is 0 Å². The van der Waals surface area contributed by atoms with Crippen molar-refractivity contribution in [2.24, 2.45) is 0 Å². The number of hydrogen-bond donors (Lipinski definition) is 1. The van der Waals surface area contributed by atoms with Gasteiger partial charge >= 0.3 is 0 Å². The molecule has 1 aliphatic heterocycles. The molecule has 1 N–H and O–H groups in total. The van der Waals surface area contributed by atoms with Gasteiger partial charge in [-0.25, -0.2) is 0 Å². The Morgan fingerprint density at radius 2 is 1.59 bits per heavy atom. The molecular weight excluding hydrogens is 364 g/mol. The first-order chi connectivity index (χ1) is 14.1. The first-order valence-electron chi connectivity index (χ1n) is 10.5. The average molecular weight is 395 g/mol. The average Bonchev–Trinajstić information content (AvgIpc) is 3.04. The largest absolute Gasteiger partial charge is 0.481 e. The van der Waals surface area contributed by atoms with Gasteiger partial charge in [-0.15, -0.1) is 0 Å². The number of aryl methyl sites for hydroxylation is 1. The van der Waals surface area contributed by atoms with Gasteiger partial charge in [0.2, 0.25) is 0 Å². The quantitative estimate of drug-likeness (QED) is 0.774. The highest BCUT2D eigenvalue weighted by molar-refractivity contribution is 5.96. The number of benzene rings is 2. The SMILES string of the molecule is CCc1ccc(OC(C)C(=O)Nc2ccc(C(=O)N3CCCCCC3)cc2)cc1. The molecular formula is C24H30N2O3. The molecule has 1 unspecified atom stereocenters. The van der Waals surface area contributed by atoms with Crippen molar-refractivity contribution in [1.82, 2.24) is 4.90 Å². The number of rotatable bonds is 6. The molecule has 0 spiro atoms. The van der Waals surface area contributed by atoms with Crippen LogP contribution in [0, 0.1) is 0 Å². The van der Waals surface area contributed by atoms with Gasteiger partial charge in [-0.05, 0) is 68.1 Å². The molecule has 0 radical (unpaired) electrons. The molecule has 154 valence electrons. The lowest BCUT2D eigenvalue weighted by atomic mass is 10.1. The lowest BCUT2D eigenvalue weighted by molar-refractivity contribution is -0.122. The van der Waals surface area contributed by atoms with E-state index in [9.17, 15) is 9.59 Å². The van der Waals surface area contributed by atoms with E-state index in [0.29, 0.717) is 17.0 Å². The Kier molecular flexibility index (Phi) is 7.28. The summed E-state index contributed by atoms with van der Waals surface area (Å²) in [4.78, 5) is 27.0. The second kappa shape index (κ2) is 10.1. The van der Waals surface area contributed by atoms with E-state index >= 15 is 0 Å². The maximum Gasteiger partial charge on any atom is 0.265 e. The van der Waals surface area contributed by atoms with E-state index in [0.717, 1.165) is 32.4 Å². The van der Waals surface area contributed by atoms with E-state index in [-0.39, 0.29) is 11.8 Å². The molecule has 1 fully saturated rings. The third-order valence-electron chi connectivity index (χ3n) is 5.31. The van der Waals surface area contributed by atoms with Gasteiger partial charge in [0, 0.05) is 24.3 Å². The Bertz CT molecular complexity index is 807. The smallest absolute Gasteiger partial charge is 0.265 e. The summed E-state index contributed by atoms with van der Waals surface area (Å²) < 4.78 is 5.73. The van der Waals surface area contributed by atoms with Crippen LogP contribution in [0.4, 0.5) is 5.69 Å². The molecule has 0 aliphatic carbocycles. The fourth-order valence-electron chi connectivity index (χ4n) is 3.46. The van der Waals surface area contributed by atoms with Gasteiger partial charge < -0.3 is 15.0 Å². The van der Waals surface area contributed by atoms with E-state index in [1.807, 2.05) is 29.2 Å². The zero-order valence-corrected chi connectivity index (χ0v) is 17.3. The zero-order chi connectivity index (χ0) is 20.6. The standard InChI is InChI=1S/C24H30N2O3/c1-3-19-8-14-22(15-9-19)29-18(2)23(27)25-21-12-10-20(11-13-21)24(28)26-16-6-4-5-7-17-26/h8-15,18H,3-7,16-17H2,1-2H3,(H,25,27). The van der Waals surface area contributed by atoms with Crippen molar-refractivity contribution in [3.05, 3.63) is 59.7 Å². The molecule has 0 bridgehead atoms. The summed E-state index contributed by atoms with van der Waals surface area (Å²) in [5.74, 6) is 0.511. The molecule has 0 saturated carbocycles. The first kappa shape index (κ1) is 20.9. The number of nitrogens with one attached hydrogen (secondary N) is 1. The van der Waals surface area contributed by atoms with Gasteiger partial charge in [0.1, 0.15) is 5.75 Å². The van der Waals surface area contributed by atoms with Crippen molar-refractivity contribution in [2.75, 3.05) is 18.4 Å². The van der Waals surface area contributed by atoms with Gasteiger partial charge in [0.05, 0.1) is 0 Å². The molecule has 1 atom stereocenters. The summed E-state index contributed by atoms with van der Waals surface area (Å²) >= 11 is 0. The molecule has 5 nitrogen and oxygen atoms in total. The summed E-state index contributed by atoms with van der Waals surface area (Å²) in [6, 6.07) is 14.9. The molecule has 2 aromatic rings. The summed E-state index contributed by atoms with van der Waals surface area (Å²) in [6.45, 7) is 5.47. The number of anilines is 1. The molecule has 2 amide bonds. The normalized spacial score (nSPS) is 15.3. The van der Waals surface area contributed by atoms with Crippen LogP contribution in [0.1, 0.15) is 55.5 Å². The van der Waals surface area contributed by atoms with Crippen molar-refractivity contribution in [2.45, 2.75) is 52.1 Å². The number of carbonyl (C=O) groups is 2. The number of amides is 2. The lowest BCUT2D eigenvalue weighted by Crippen LogP contribution is -2.32. The van der Waals surface area contributed by atoms with Crippen LogP contribution in [0.15, 0.2) is 48.5 Å². The maximum atomic E-state index is 12.7. The summed E-state index contributed by atoms with van der Waals surface area (Å²) in [6.07, 6.45) is 4.86. The van der Waals surface area contributed by atoms with Crippen LogP contribution < -0.4 is 10.1 Å². The molecule has 1 aliphatic rings. The second-order valence-corrected chi connectivity index (χ2v) is 7.53. The van der Waals surface area contributed by atoms with E-state index in [4.69, 9.17) is 4.74 Å². The molecule has 1 saturated heterocycles. The number of nitrogens with zero attached hydrogens (tertiary/aromatic N) is 1. The number of carbonyl (C=O) groups excluding carboxylic acids is 2. The van der Waals surface area contributed by atoms with Gasteiger partial charge in [-0.2, -0.15) is 0 Å². The fourth-order valence-corrected chi connectivity index (χ4v) is 3.46. The molecule has 1 heterocycles. The minimum absolute atomic E-state index is 0.0667. The summed E-state index contributed by atoms with van der Waals surface area (Å²) in [5.41, 5.74) is 2.54. The Morgan fingerprint density at radius 3 is 2.17 bits per heavy atom. The first-order valence-corrected chi connectivity index (χ1v) is 10.5. The van der Waals surface area contributed by atoms with Crippen LogP contribution in [0.25, 0.3) is 0 Å². The molecule has 2 aromatic carbocycles. The lowest BCUT2D eigenvalue weighted by Gasteiger charge is -2.20. The maximum absolute atomic E-state index is 12.7. The summed E-state index contributed by atoms with van der Waals surface area (Å²) in [5, 5.41) is 2.85. The topological polar surface area (TPSA) is 58.6 Å². The van der Waals surface area contributed by atoms with Crippen LogP contribution >= 0.6 is 0 Å². The number of ether oxygens (including phenoxy) is 1. The van der Waals surface area contributed by atoms with Crippen LogP contribution in [0.5, 0.6) is 5.75 Å². The minimum atomic E-state index is -0.624. The predicted molar refractivity (Wildman–Crippen MR) is 115 cm³/mol. The summed E-state index contributed by atoms with van der Waals surface area (Å²) in [7, 11) is 0.